The molecule has 0 saturated heterocycles. The molecule has 2 aromatic carbocycles. The number of nitriles is 1. The van der Waals surface area contributed by atoms with Crippen molar-refractivity contribution in [3.05, 3.63) is 76.0 Å². The Kier molecular flexibility index (Phi) is 6.81. The van der Waals surface area contributed by atoms with E-state index < -0.39 is 11.6 Å². The van der Waals surface area contributed by atoms with Crippen LogP contribution >= 0.6 is 11.8 Å². The summed E-state index contributed by atoms with van der Waals surface area (Å²) in [6, 6.07) is 14.9. The van der Waals surface area contributed by atoms with Gasteiger partial charge < -0.3 is 9.73 Å². The van der Waals surface area contributed by atoms with Crippen molar-refractivity contribution >= 4 is 17.7 Å². The zero-order chi connectivity index (χ0) is 20.6. The maximum Gasteiger partial charge on any atom is 0.437 e. The average molecular weight is 412 g/mol. The van der Waals surface area contributed by atoms with Crippen LogP contribution in [0.3, 0.4) is 0 Å². The van der Waals surface area contributed by atoms with Crippen molar-refractivity contribution in [3.63, 3.8) is 0 Å². The number of nitrogens with zero attached hydrogens (tertiary/aromatic N) is 3. The number of rotatable bonds is 8. The van der Waals surface area contributed by atoms with Crippen LogP contribution in [0.4, 0.5) is 4.39 Å². The van der Waals surface area contributed by atoms with Crippen LogP contribution in [0.2, 0.25) is 0 Å². The fourth-order valence-electron chi connectivity index (χ4n) is 2.51. The first kappa shape index (κ1) is 20.4. The lowest BCUT2D eigenvalue weighted by Gasteiger charge is -2.06. The van der Waals surface area contributed by atoms with Gasteiger partial charge in [-0.1, -0.05) is 18.2 Å². The third-order valence-electron chi connectivity index (χ3n) is 3.95. The van der Waals surface area contributed by atoms with Crippen LogP contribution in [-0.4, -0.2) is 28.0 Å². The monoisotopic (exact) mass is 412 g/mol. The Morgan fingerprint density at radius 1 is 1.24 bits per heavy atom. The second-order valence-electron chi connectivity index (χ2n) is 6.01. The number of hydrogen-bond acceptors (Lipinski definition) is 6. The quantitative estimate of drug-likeness (QED) is 0.571. The summed E-state index contributed by atoms with van der Waals surface area (Å²) < 4.78 is 18.9. The van der Waals surface area contributed by atoms with Gasteiger partial charge in [-0.2, -0.15) is 21.7 Å². The maximum absolute atomic E-state index is 13.0. The van der Waals surface area contributed by atoms with Gasteiger partial charge in [0, 0.05) is 23.6 Å². The molecule has 1 aromatic heterocycles. The van der Waals surface area contributed by atoms with Gasteiger partial charge in [0.15, 0.2) is 0 Å². The molecule has 9 heteroatoms. The van der Waals surface area contributed by atoms with E-state index in [1.165, 1.54) is 24.3 Å². The van der Waals surface area contributed by atoms with E-state index in [-0.39, 0.29) is 18.3 Å². The molecule has 1 amide bonds. The minimum absolute atomic E-state index is 0.0227. The van der Waals surface area contributed by atoms with Crippen LogP contribution in [0.5, 0.6) is 0 Å². The molecule has 29 heavy (non-hydrogen) atoms. The molecule has 0 spiro atoms. The van der Waals surface area contributed by atoms with Crippen LogP contribution < -0.4 is 11.1 Å². The summed E-state index contributed by atoms with van der Waals surface area (Å²) in [7, 11) is 0. The van der Waals surface area contributed by atoms with Crippen molar-refractivity contribution in [3.8, 4) is 17.5 Å². The molecule has 0 fully saturated rings. The van der Waals surface area contributed by atoms with Gasteiger partial charge in [0.2, 0.25) is 11.8 Å². The van der Waals surface area contributed by atoms with Gasteiger partial charge in [0.05, 0.1) is 11.6 Å². The third-order valence-corrected chi connectivity index (χ3v) is 4.96. The first-order chi connectivity index (χ1) is 14.1. The molecule has 0 aliphatic rings. The Morgan fingerprint density at radius 3 is 2.76 bits per heavy atom. The molecule has 0 bridgehead atoms. The molecule has 0 radical (unpaired) electrons. The van der Waals surface area contributed by atoms with Gasteiger partial charge >= 0.3 is 5.76 Å². The van der Waals surface area contributed by atoms with Crippen LogP contribution in [0.25, 0.3) is 11.5 Å². The van der Waals surface area contributed by atoms with E-state index in [9.17, 15) is 14.0 Å². The lowest BCUT2D eigenvalue weighted by atomic mass is 10.1. The summed E-state index contributed by atoms with van der Waals surface area (Å²) in [5.74, 6) is -0.201. The SMILES string of the molecule is N#Cc1ccccc1CSCCNC(=O)Cn1nc(-c2ccc(F)cc2)oc1=O. The highest BCUT2D eigenvalue weighted by atomic mass is 32.2. The molecule has 1 N–H and O–H groups in total. The smallest absolute Gasteiger partial charge is 0.388 e. The van der Waals surface area contributed by atoms with E-state index in [2.05, 4.69) is 16.5 Å². The molecule has 0 aliphatic carbocycles. The van der Waals surface area contributed by atoms with Crippen molar-refractivity contribution in [2.75, 3.05) is 12.3 Å². The molecule has 1 heterocycles. The second-order valence-corrected chi connectivity index (χ2v) is 7.11. The highest BCUT2D eigenvalue weighted by molar-refractivity contribution is 7.98. The predicted molar refractivity (Wildman–Crippen MR) is 106 cm³/mol. The highest BCUT2D eigenvalue weighted by Gasteiger charge is 2.13. The third kappa shape index (κ3) is 5.56. The summed E-state index contributed by atoms with van der Waals surface area (Å²) >= 11 is 1.59. The van der Waals surface area contributed by atoms with Crippen molar-refractivity contribution in [2.24, 2.45) is 0 Å². The van der Waals surface area contributed by atoms with Gasteiger partial charge in [-0.25, -0.2) is 9.18 Å². The lowest BCUT2D eigenvalue weighted by molar-refractivity contribution is -0.121. The number of carbonyl (C=O) groups is 1. The van der Waals surface area contributed by atoms with E-state index in [0.717, 1.165) is 10.2 Å². The van der Waals surface area contributed by atoms with E-state index in [1.54, 1.807) is 17.8 Å². The number of benzene rings is 2. The largest absolute Gasteiger partial charge is 0.437 e. The minimum Gasteiger partial charge on any atom is -0.388 e. The van der Waals surface area contributed by atoms with Gasteiger partial charge in [0.1, 0.15) is 12.4 Å². The first-order valence-electron chi connectivity index (χ1n) is 8.73. The Bertz CT molecular complexity index is 1090. The summed E-state index contributed by atoms with van der Waals surface area (Å²) in [6.07, 6.45) is 0. The van der Waals surface area contributed by atoms with Gasteiger partial charge in [-0.05, 0) is 35.9 Å². The number of halogens is 1. The normalized spacial score (nSPS) is 10.5. The molecule has 3 rings (SSSR count). The Hall–Kier alpha value is -3.38. The molecule has 148 valence electrons. The van der Waals surface area contributed by atoms with Crippen LogP contribution in [0.15, 0.2) is 57.7 Å². The van der Waals surface area contributed by atoms with Crippen molar-refractivity contribution in [1.82, 2.24) is 15.1 Å². The molecule has 7 nitrogen and oxygen atoms in total. The number of amides is 1. The number of hydrogen-bond donors (Lipinski definition) is 1. The average Bonchev–Trinajstić information content (AvgIpc) is 3.08. The maximum atomic E-state index is 13.0. The standard InChI is InChI=1S/C20H17FN4O3S/c21-17-7-5-14(6-8-17)19-24-25(20(27)28-19)12-18(26)23-9-10-29-13-16-4-2-1-3-15(16)11-22/h1-8H,9-10,12-13H2,(H,23,26). The highest BCUT2D eigenvalue weighted by Crippen LogP contribution is 2.16. The zero-order valence-electron chi connectivity index (χ0n) is 15.3. The number of carbonyl (C=O) groups excluding carboxylic acids is 1. The van der Waals surface area contributed by atoms with Gasteiger partial charge in [-0.3, -0.25) is 4.79 Å². The van der Waals surface area contributed by atoms with E-state index >= 15 is 0 Å². The van der Waals surface area contributed by atoms with Crippen molar-refractivity contribution in [2.45, 2.75) is 12.3 Å². The molecular formula is C20H17FN4O3S. The molecule has 0 saturated carbocycles. The van der Waals surface area contributed by atoms with Gasteiger partial charge in [0.25, 0.3) is 0 Å². The number of nitrogens with one attached hydrogen (secondary N) is 1. The summed E-state index contributed by atoms with van der Waals surface area (Å²) in [5.41, 5.74) is 2.04. The fourth-order valence-corrected chi connectivity index (χ4v) is 3.37. The lowest BCUT2D eigenvalue weighted by Crippen LogP contribution is -2.32. The van der Waals surface area contributed by atoms with E-state index in [1.807, 2.05) is 18.2 Å². The predicted octanol–water partition coefficient (Wildman–Crippen LogP) is 2.56. The molecule has 0 unspecified atom stereocenters. The van der Waals surface area contributed by atoms with Crippen LogP contribution in [0, 0.1) is 17.1 Å². The van der Waals surface area contributed by atoms with Crippen LogP contribution in [0.1, 0.15) is 11.1 Å². The summed E-state index contributed by atoms with van der Waals surface area (Å²) in [6.45, 7) is 0.140. The Labute approximate surface area is 170 Å². The second kappa shape index (κ2) is 9.71. The Balaban J connectivity index is 1.46. The summed E-state index contributed by atoms with van der Waals surface area (Å²) in [4.78, 5) is 23.9. The number of aromatic nitrogens is 2. The topological polar surface area (TPSA) is 101 Å². The first-order valence-corrected chi connectivity index (χ1v) is 9.88. The molecule has 0 aliphatic heterocycles. The molecule has 3 aromatic rings. The molecule has 0 atom stereocenters. The minimum atomic E-state index is -0.762. The van der Waals surface area contributed by atoms with E-state index in [4.69, 9.17) is 9.68 Å². The summed E-state index contributed by atoms with van der Waals surface area (Å²) in [5, 5.41) is 15.8. The Morgan fingerprint density at radius 2 is 2.00 bits per heavy atom. The van der Waals surface area contributed by atoms with E-state index in [0.29, 0.717) is 29.2 Å². The number of thioether (sulfide) groups is 1. The van der Waals surface area contributed by atoms with Crippen LogP contribution in [-0.2, 0) is 17.1 Å². The fraction of sp³-hybridized carbons (Fsp3) is 0.200. The van der Waals surface area contributed by atoms with Crippen molar-refractivity contribution < 1.29 is 13.6 Å². The van der Waals surface area contributed by atoms with Gasteiger partial charge in [-0.15, -0.1) is 5.10 Å². The van der Waals surface area contributed by atoms with Crippen molar-refractivity contribution in [1.29, 1.82) is 5.26 Å². The zero-order valence-corrected chi connectivity index (χ0v) is 16.1. The molecular weight excluding hydrogens is 395 g/mol.